The average molecular weight is 255 g/mol. The smallest absolute Gasteiger partial charge is 0.0583 e. The van der Waals surface area contributed by atoms with Crippen molar-refractivity contribution in [1.82, 2.24) is 0 Å². The second-order valence-corrected chi connectivity index (χ2v) is 4.17. The highest BCUT2D eigenvalue weighted by Crippen LogP contribution is 2.18. The lowest BCUT2D eigenvalue weighted by molar-refractivity contribution is 0.166. The van der Waals surface area contributed by atoms with E-state index in [0.717, 1.165) is 22.9 Å². The van der Waals surface area contributed by atoms with Gasteiger partial charge in [0.15, 0.2) is 0 Å². The predicted octanol–water partition coefficient (Wildman–Crippen LogP) is 3.32. The fraction of sp³-hybridized carbons (Fsp3) is 0.333. The molecule has 1 unspecified atom stereocenters. The fourth-order valence-corrected chi connectivity index (χ4v) is 1.78. The van der Waals surface area contributed by atoms with Crippen molar-refractivity contribution < 1.29 is 5.11 Å². The molecule has 1 rings (SSSR count). The molecule has 0 saturated heterocycles. The molecule has 0 bridgehead atoms. The Balaban J connectivity index is 2.51. The van der Waals surface area contributed by atoms with Crippen LogP contribution in [0.15, 0.2) is 41.4 Å². The molecule has 0 saturated carbocycles. The highest BCUT2D eigenvalue weighted by atomic mass is 79.9. The van der Waals surface area contributed by atoms with Gasteiger partial charge in [0.1, 0.15) is 0 Å². The van der Waals surface area contributed by atoms with Gasteiger partial charge < -0.3 is 5.11 Å². The third kappa shape index (κ3) is 3.64. The van der Waals surface area contributed by atoms with Crippen molar-refractivity contribution in [2.24, 2.45) is 0 Å². The first-order valence-corrected chi connectivity index (χ1v) is 5.55. The normalized spacial score (nSPS) is 12.4. The van der Waals surface area contributed by atoms with Gasteiger partial charge in [-0.2, -0.15) is 0 Å². The zero-order valence-electron chi connectivity index (χ0n) is 8.12. The Bertz CT molecular complexity index is 296. The summed E-state index contributed by atoms with van der Waals surface area (Å²) in [6.45, 7) is 3.64. The highest BCUT2D eigenvalue weighted by molar-refractivity contribution is 9.10. The summed E-state index contributed by atoms with van der Waals surface area (Å²) in [5.41, 5.74) is 1.16. The first-order valence-electron chi connectivity index (χ1n) is 4.76. The summed E-state index contributed by atoms with van der Waals surface area (Å²) in [5, 5.41) is 9.69. The summed E-state index contributed by atoms with van der Waals surface area (Å²) >= 11 is 3.46. The molecule has 1 atom stereocenters. The van der Waals surface area contributed by atoms with Gasteiger partial charge in [-0.3, -0.25) is 0 Å². The molecular weight excluding hydrogens is 240 g/mol. The molecule has 0 amide bonds. The van der Waals surface area contributed by atoms with Gasteiger partial charge in [-0.05, 0) is 30.9 Å². The maximum Gasteiger partial charge on any atom is 0.0583 e. The molecule has 0 fully saturated rings. The molecule has 0 radical (unpaired) electrons. The Labute approximate surface area is 93.6 Å². The molecule has 0 spiro atoms. The zero-order valence-corrected chi connectivity index (χ0v) is 9.70. The number of hydrogen-bond acceptors (Lipinski definition) is 1. The lowest BCUT2D eigenvalue weighted by Crippen LogP contribution is -2.10. The van der Waals surface area contributed by atoms with Crippen LogP contribution in [0.25, 0.3) is 0 Å². The molecule has 14 heavy (non-hydrogen) atoms. The van der Waals surface area contributed by atoms with Crippen molar-refractivity contribution >= 4 is 15.9 Å². The van der Waals surface area contributed by atoms with Gasteiger partial charge in [0, 0.05) is 4.47 Å². The van der Waals surface area contributed by atoms with Gasteiger partial charge in [0.05, 0.1) is 6.10 Å². The van der Waals surface area contributed by atoms with E-state index in [-0.39, 0.29) is 6.10 Å². The number of benzene rings is 1. The summed E-state index contributed by atoms with van der Waals surface area (Å²) < 4.78 is 1.07. The van der Waals surface area contributed by atoms with Gasteiger partial charge in [-0.1, -0.05) is 40.2 Å². The summed E-state index contributed by atoms with van der Waals surface area (Å²) in [6, 6.07) is 7.99. The van der Waals surface area contributed by atoms with Gasteiger partial charge in [-0.15, -0.1) is 6.58 Å². The molecule has 0 aliphatic carbocycles. The van der Waals surface area contributed by atoms with Crippen molar-refractivity contribution in [1.29, 1.82) is 0 Å². The molecule has 1 aromatic rings. The van der Waals surface area contributed by atoms with Crippen LogP contribution in [0.1, 0.15) is 18.4 Å². The number of allylic oxidation sites excluding steroid dienone is 1. The Morgan fingerprint density at radius 1 is 1.43 bits per heavy atom. The number of rotatable bonds is 5. The molecule has 0 aliphatic heterocycles. The van der Waals surface area contributed by atoms with E-state index in [9.17, 15) is 5.11 Å². The van der Waals surface area contributed by atoms with E-state index in [4.69, 9.17) is 0 Å². The van der Waals surface area contributed by atoms with Crippen LogP contribution in [0.5, 0.6) is 0 Å². The molecule has 76 valence electrons. The predicted molar refractivity (Wildman–Crippen MR) is 63.3 cm³/mol. The van der Waals surface area contributed by atoms with Crippen LogP contribution in [0.4, 0.5) is 0 Å². The minimum atomic E-state index is -0.272. The van der Waals surface area contributed by atoms with E-state index in [0.29, 0.717) is 6.42 Å². The Morgan fingerprint density at radius 2 is 2.14 bits per heavy atom. The molecule has 1 nitrogen and oxygen atoms in total. The van der Waals surface area contributed by atoms with Crippen molar-refractivity contribution in [3.8, 4) is 0 Å². The average Bonchev–Trinajstić information content (AvgIpc) is 2.18. The second-order valence-electron chi connectivity index (χ2n) is 3.32. The van der Waals surface area contributed by atoms with Crippen molar-refractivity contribution in [3.05, 3.63) is 47.0 Å². The van der Waals surface area contributed by atoms with Crippen LogP contribution in [0.3, 0.4) is 0 Å². The SMILES string of the molecule is C=CCCC(O)Cc1ccccc1Br. The van der Waals surface area contributed by atoms with E-state index in [1.54, 1.807) is 0 Å². The lowest BCUT2D eigenvalue weighted by atomic mass is 10.0. The van der Waals surface area contributed by atoms with Gasteiger partial charge in [0.2, 0.25) is 0 Å². The molecule has 1 N–H and O–H groups in total. The van der Waals surface area contributed by atoms with E-state index < -0.39 is 0 Å². The van der Waals surface area contributed by atoms with Gasteiger partial charge >= 0.3 is 0 Å². The molecule has 0 aromatic heterocycles. The van der Waals surface area contributed by atoms with Crippen LogP contribution >= 0.6 is 15.9 Å². The van der Waals surface area contributed by atoms with E-state index in [1.807, 2.05) is 30.3 Å². The maximum atomic E-state index is 9.69. The van der Waals surface area contributed by atoms with Crippen LogP contribution < -0.4 is 0 Å². The summed E-state index contributed by atoms with van der Waals surface area (Å²) in [6.07, 6.45) is 3.92. The number of aliphatic hydroxyl groups is 1. The number of aliphatic hydroxyl groups excluding tert-OH is 1. The van der Waals surface area contributed by atoms with Crippen molar-refractivity contribution in [2.75, 3.05) is 0 Å². The van der Waals surface area contributed by atoms with Crippen LogP contribution in [-0.4, -0.2) is 11.2 Å². The second kappa shape index (κ2) is 5.99. The van der Waals surface area contributed by atoms with Crippen LogP contribution in [0.2, 0.25) is 0 Å². The van der Waals surface area contributed by atoms with E-state index in [1.165, 1.54) is 0 Å². The molecule has 0 heterocycles. The zero-order chi connectivity index (χ0) is 10.4. The van der Waals surface area contributed by atoms with Gasteiger partial charge in [0.25, 0.3) is 0 Å². The topological polar surface area (TPSA) is 20.2 Å². The number of hydrogen-bond donors (Lipinski definition) is 1. The third-order valence-electron chi connectivity index (χ3n) is 2.12. The standard InChI is InChI=1S/C12H15BrO/c1-2-3-7-11(14)9-10-6-4-5-8-12(10)13/h2,4-6,8,11,14H,1,3,7,9H2. The highest BCUT2D eigenvalue weighted by Gasteiger charge is 2.06. The number of halogens is 1. The molecular formula is C12H15BrO. The lowest BCUT2D eigenvalue weighted by Gasteiger charge is -2.10. The van der Waals surface area contributed by atoms with Crippen molar-refractivity contribution in [2.45, 2.75) is 25.4 Å². The largest absolute Gasteiger partial charge is 0.393 e. The summed E-state index contributed by atoms with van der Waals surface area (Å²) in [5.74, 6) is 0. The fourth-order valence-electron chi connectivity index (χ4n) is 1.33. The van der Waals surface area contributed by atoms with Crippen LogP contribution in [0, 0.1) is 0 Å². The Kier molecular flexibility index (Phi) is 4.91. The third-order valence-corrected chi connectivity index (χ3v) is 2.89. The molecule has 0 aliphatic rings. The summed E-state index contributed by atoms with van der Waals surface area (Å²) in [7, 11) is 0. The first kappa shape index (κ1) is 11.5. The van der Waals surface area contributed by atoms with Crippen LogP contribution in [-0.2, 0) is 6.42 Å². The molecule has 1 aromatic carbocycles. The summed E-state index contributed by atoms with van der Waals surface area (Å²) in [4.78, 5) is 0. The molecule has 2 heteroatoms. The van der Waals surface area contributed by atoms with Gasteiger partial charge in [-0.25, -0.2) is 0 Å². The Morgan fingerprint density at radius 3 is 2.79 bits per heavy atom. The monoisotopic (exact) mass is 254 g/mol. The van der Waals surface area contributed by atoms with E-state index >= 15 is 0 Å². The quantitative estimate of drug-likeness (QED) is 0.800. The van der Waals surface area contributed by atoms with Crippen molar-refractivity contribution in [3.63, 3.8) is 0 Å². The van der Waals surface area contributed by atoms with E-state index in [2.05, 4.69) is 22.5 Å². The minimum absolute atomic E-state index is 0.272. The first-order chi connectivity index (χ1) is 6.74. The maximum absolute atomic E-state index is 9.69. The minimum Gasteiger partial charge on any atom is -0.393 e. The Hall–Kier alpha value is -0.600.